The fourth-order valence-corrected chi connectivity index (χ4v) is 4.68. The molecule has 0 aliphatic carbocycles. The van der Waals surface area contributed by atoms with Crippen LogP contribution in [0.4, 0.5) is 0 Å². The molecule has 2 aromatic heterocycles. The number of fused-ring (bicyclic) bond motifs is 1. The van der Waals surface area contributed by atoms with Crippen LogP contribution in [0, 0.1) is 6.92 Å². The number of aromatic nitrogens is 1. The zero-order chi connectivity index (χ0) is 24.2. The first-order valence-electron chi connectivity index (χ1n) is 10.5. The van der Waals surface area contributed by atoms with E-state index < -0.39 is 5.91 Å². The molecule has 174 valence electrons. The Kier molecular flexibility index (Phi) is 6.79. The van der Waals surface area contributed by atoms with E-state index in [1.807, 2.05) is 23.6 Å². The molecule has 0 saturated carbocycles. The number of thiophene rings is 1. The van der Waals surface area contributed by atoms with Gasteiger partial charge in [0.2, 0.25) is 0 Å². The van der Waals surface area contributed by atoms with Gasteiger partial charge in [-0.2, -0.15) is 0 Å². The second kappa shape index (κ2) is 9.93. The van der Waals surface area contributed by atoms with Crippen LogP contribution in [-0.2, 0) is 0 Å². The van der Waals surface area contributed by atoms with Gasteiger partial charge in [0.05, 0.1) is 33.6 Å². The van der Waals surface area contributed by atoms with Crippen molar-refractivity contribution in [3.63, 3.8) is 0 Å². The number of ketones is 1. The van der Waals surface area contributed by atoms with Gasteiger partial charge in [-0.05, 0) is 30.7 Å². The molecule has 2 heterocycles. The first-order chi connectivity index (χ1) is 16.4. The van der Waals surface area contributed by atoms with Gasteiger partial charge in [-0.3, -0.25) is 9.59 Å². The molecule has 1 N–H and O–H groups in total. The maximum Gasteiger partial charge on any atom is 0.251 e. The Morgan fingerprint density at radius 2 is 1.76 bits per heavy atom. The molecule has 0 bridgehead atoms. The molecule has 8 heteroatoms. The number of amides is 1. The van der Waals surface area contributed by atoms with Crippen molar-refractivity contribution in [1.29, 1.82) is 0 Å². The van der Waals surface area contributed by atoms with Crippen molar-refractivity contribution in [3.8, 4) is 28.5 Å². The number of aryl methyl sites for hydroxylation is 1. The molecular formula is C26H24N2O5S. The summed E-state index contributed by atoms with van der Waals surface area (Å²) in [5.74, 6) is 0.728. The third-order valence-electron chi connectivity index (χ3n) is 5.45. The highest BCUT2D eigenvalue weighted by Gasteiger charge is 2.17. The molecule has 0 aliphatic rings. The average Bonchev–Trinajstić information content (AvgIpc) is 3.31. The minimum Gasteiger partial charge on any atom is -0.497 e. The maximum atomic E-state index is 12.9. The van der Waals surface area contributed by atoms with E-state index in [9.17, 15) is 9.59 Å². The van der Waals surface area contributed by atoms with Crippen LogP contribution >= 0.6 is 11.3 Å². The quantitative estimate of drug-likeness (QED) is 0.364. The lowest BCUT2D eigenvalue weighted by atomic mass is 10.1. The summed E-state index contributed by atoms with van der Waals surface area (Å²) in [7, 11) is 4.56. The third-order valence-corrected chi connectivity index (χ3v) is 6.58. The number of hydrogen-bond donors (Lipinski definition) is 1. The van der Waals surface area contributed by atoms with Gasteiger partial charge in [-0.15, -0.1) is 11.3 Å². The summed E-state index contributed by atoms with van der Waals surface area (Å²) < 4.78 is 17.0. The highest BCUT2D eigenvalue weighted by molar-refractivity contribution is 7.18. The second-order valence-electron chi connectivity index (χ2n) is 7.55. The molecule has 0 spiro atoms. The molecule has 0 atom stereocenters. The van der Waals surface area contributed by atoms with Crippen LogP contribution in [0.5, 0.6) is 17.2 Å². The first kappa shape index (κ1) is 23.3. The Hall–Kier alpha value is -3.91. The lowest BCUT2D eigenvalue weighted by Crippen LogP contribution is -2.30. The van der Waals surface area contributed by atoms with Crippen LogP contribution in [0.3, 0.4) is 0 Å². The summed E-state index contributed by atoms with van der Waals surface area (Å²) in [6.45, 7) is 1.86. The molecule has 7 nitrogen and oxygen atoms in total. The van der Waals surface area contributed by atoms with Gasteiger partial charge in [-0.1, -0.05) is 18.2 Å². The number of ether oxygens (including phenoxy) is 3. The Morgan fingerprint density at radius 1 is 0.971 bits per heavy atom. The largest absolute Gasteiger partial charge is 0.497 e. The summed E-state index contributed by atoms with van der Waals surface area (Å²) in [6, 6.07) is 14.3. The van der Waals surface area contributed by atoms with Gasteiger partial charge in [0.15, 0.2) is 17.3 Å². The normalized spacial score (nSPS) is 10.7. The van der Waals surface area contributed by atoms with E-state index in [0.717, 1.165) is 10.9 Å². The molecule has 4 aromatic rings. The van der Waals surface area contributed by atoms with Gasteiger partial charge in [0.25, 0.3) is 5.91 Å². The van der Waals surface area contributed by atoms with Crippen molar-refractivity contribution in [1.82, 2.24) is 10.3 Å². The van der Waals surface area contributed by atoms with Crippen molar-refractivity contribution in [3.05, 3.63) is 70.7 Å². The molecule has 0 radical (unpaired) electrons. The van der Waals surface area contributed by atoms with Crippen LogP contribution in [0.25, 0.3) is 21.3 Å². The molecule has 4 rings (SSSR count). The third kappa shape index (κ3) is 4.58. The zero-order valence-electron chi connectivity index (χ0n) is 19.3. The topological polar surface area (TPSA) is 86.8 Å². The molecule has 1 amide bonds. The second-order valence-corrected chi connectivity index (χ2v) is 8.43. The molecule has 0 fully saturated rings. The number of methoxy groups -OCH3 is 3. The van der Waals surface area contributed by atoms with Gasteiger partial charge < -0.3 is 19.5 Å². The lowest BCUT2D eigenvalue weighted by molar-refractivity contribution is 0.0902. The van der Waals surface area contributed by atoms with E-state index in [1.165, 1.54) is 24.5 Å². The SMILES string of the molecule is COc1cc(C(=O)CNC(=O)c2ccc(OC)c(OC)c2)nc(-c2csc3c(C)cccc23)c1. The lowest BCUT2D eigenvalue weighted by Gasteiger charge is -2.10. The number of carbonyl (C=O) groups excluding carboxylic acids is 2. The fourth-order valence-electron chi connectivity index (χ4n) is 3.64. The molecule has 34 heavy (non-hydrogen) atoms. The Morgan fingerprint density at radius 3 is 2.50 bits per heavy atom. The van der Waals surface area contributed by atoms with E-state index in [-0.39, 0.29) is 18.0 Å². The summed E-state index contributed by atoms with van der Waals surface area (Å²) in [5.41, 5.74) is 3.33. The summed E-state index contributed by atoms with van der Waals surface area (Å²) in [6.07, 6.45) is 0. The Balaban J connectivity index is 1.57. The van der Waals surface area contributed by atoms with E-state index in [2.05, 4.69) is 23.3 Å². The predicted molar refractivity (Wildman–Crippen MR) is 133 cm³/mol. The van der Waals surface area contributed by atoms with Gasteiger partial charge >= 0.3 is 0 Å². The number of nitrogens with zero attached hydrogens (tertiary/aromatic N) is 1. The smallest absolute Gasteiger partial charge is 0.251 e. The van der Waals surface area contributed by atoms with Crippen molar-refractivity contribution < 1.29 is 23.8 Å². The van der Waals surface area contributed by atoms with Gasteiger partial charge in [-0.25, -0.2) is 4.98 Å². The van der Waals surface area contributed by atoms with Crippen molar-refractivity contribution in [2.75, 3.05) is 27.9 Å². The number of rotatable bonds is 8. The van der Waals surface area contributed by atoms with Gasteiger partial charge in [0, 0.05) is 38.7 Å². The van der Waals surface area contributed by atoms with Crippen molar-refractivity contribution in [2.24, 2.45) is 0 Å². The van der Waals surface area contributed by atoms with Crippen LogP contribution < -0.4 is 19.5 Å². The first-order valence-corrected chi connectivity index (χ1v) is 11.4. The van der Waals surface area contributed by atoms with E-state index in [4.69, 9.17) is 14.2 Å². The number of Topliss-reactive ketones (excluding diaryl/α,β-unsaturated/α-hetero) is 1. The highest BCUT2D eigenvalue weighted by atomic mass is 32.1. The molecular weight excluding hydrogens is 452 g/mol. The van der Waals surface area contributed by atoms with E-state index in [1.54, 1.807) is 42.7 Å². The fraction of sp³-hybridized carbons (Fsp3) is 0.192. The minimum absolute atomic E-state index is 0.212. The average molecular weight is 477 g/mol. The molecule has 0 unspecified atom stereocenters. The van der Waals surface area contributed by atoms with Crippen LogP contribution in [0.2, 0.25) is 0 Å². The number of pyridine rings is 1. The van der Waals surface area contributed by atoms with E-state index in [0.29, 0.717) is 28.5 Å². The Bertz CT molecular complexity index is 1380. The molecule has 2 aromatic carbocycles. The minimum atomic E-state index is -0.406. The summed E-state index contributed by atoms with van der Waals surface area (Å²) >= 11 is 1.64. The van der Waals surface area contributed by atoms with Crippen LogP contribution in [0.1, 0.15) is 26.4 Å². The molecule has 0 saturated heterocycles. The van der Waals surface area contributed by atoms with Crippen LogP contribution in [-0.4, -0.2) is 44.5 Å². The highest BCUT2D eigenvalue weighted by Crippen LogP contribution is 2.36. The summed E-state index contributed by atoms with van der Waals surface area (Å²) in [4.78, 5) is 30.1. The maximum absolute atomic E-state index is 12.9. The number of hydrogen-bond acceptors (Lipinski definition) is 7. The van der Waals surface area contributed by atoms with Crippen molar-refractivity contribution in [2.45, 2.75) is 6.92 Å². The van der Waals surface area contributed by atoms with Gasteiger partial charge in [0.1, 0.15) is 11.4 Å². The number of nitrogens with one attached hydrogen (secondary N) is 1. The monoisotopic (exact) mass is 476 g/mol. The van der Waals surface area contributed by atoms with Crippen molar-refractivity contribution >= 4 is 33.1 Å². The predicted octanol–water partition coefficient (Wildman–Crippen LogP) is 4.91. The molecule has 0 aliphatic heterocycles. The van der Waals surface area contributed by atoms with Crippen LogP contribution in [0.15, 0.2) is 53.9 Å². The number of carbonyl (C=O) groups is 2. The zero-order valence-corrected chi connectivity index (χ0v) is 20.1. The Labute approximate surface area is 201 Å². The number of benzene rings is 2. The standard InChI is InChI=1S/C26H24N2O5S/c1-15-6-5-7-18-19(14-34-25(15)18)20-11-17(31-2)12-21(28-20)22(29)13-27-26(30)16-8-9-23(32-3)24(10-16)33-4/h5-12,14H,13H2,1-4H3,(H,27,30). The van der Waals surface area contributed by atoms with E-state index >= 15 is 0 Å². The summed E-state index contributed by atoms with van der Waals surface area (Å²) in [5, 5.41) is 5.76.